The van der Waals surface area contributed by atoms with Crippen LogP contribution in [0.15, 0.2) is 0 Å². The van der Waals surface area contributed by atoms with Crippen LogP contribution in [0, 0.1) is 11.8 Å². The minimum absolute atomic E-state index is 0.0332. The summed E-state index contributed by atoms with van der Waals surface area (Å²) in [4.78, 5) is 26.8. The Labute approximate surface area is 268 Å². The first-order valence-electron chi connectivity index (χ1n) is 18.9. The Balaban J connectivity index is 4.51. The van der Waals surface area contributed by atoms with Gasteiger partial charge in [0.2, 0.25) is 0 Å². The van der Waals surface area contributed by atoms with Crippen LogP contribution in [-0.2, 0) is 14.3 Å². The van der Waals surface area contributed by atoms with Crippen LogP contribution in [-0.4, -0.2) is 48.7 Å². The van der Waals surface area contributed by atoms with Gasteiger partial charge in [0.1, 0.15) is 6.10 Å². The van der Waals surface area contributed by atoms with E-state index in [4.69, 9.17) is 4.74 Å². The van der Waals surface area contributed by atoms with Gasteiger partial charge in [0.05, 0.1) is 5.92 Å². The monoisotopic (exact) mass is 610 g/mol. The van der Waals surface area contributed by atoms with Gasteiger partial charge in [0.25, 0.3) is 0 Å². The number of carbonyl (C=O) groups is 2. The van der Waals surface area contributed by atoms with Gasteiger partial charge in [-0.25, -0.2) is 0 Å². The van der Waals surface area contributed by atoms with Crippen molar-refractivity contribution in [1.82, 2.24) is 4.90 Å². The molecule has 0 aromatic heterocycles. The molecule has 0 radical (unpaired) electrons. The van der Waals surface area contributed by atoms with E-state index in [9.17, 15) is 14.7 Å². The predicted molar refractivity (Wildman–Crippen MR) is 185 cm³/mol. The van der Waals surface area contributed by atoms with Crippen molar-refractivity contribution in [2.45, 2.75) is 200 Å². The van der Waals surface area contributed by atoms with Crippen molar-refractivity contribution < 1.29 is 19.4 Å². The lowest BCUT2D eigenvalue weighted by Crippen LogP contribution is -2.24. The zero-order valence-electron chi connectivity index (χ0n) is 29.7. The van der Waals surface area contributed by atoms with Gasteiger partial charge >= 0.3 is 11.9 Å². The second kappa shape index (κ2) is 30.9. The molecule has 0 saturated heterocycles. The van der Waals surface area contributed by atoms with Crippen LogP contribution >= 0.6 is 0 Å². The molecule has 256 valence electrons. The summed E-state index contributed by atoms with van der Waals surface area (Å²) in [6.45, 7) is 7.63. The topological polar surface area (TPSA) is 66.8 Å². The molecule has 0 aliphatic carbocycles. The van der Waals surface area contributed by atoms with E-state index in [2.05, 4.69) is 25.7 Å². The first-order chi connectivity index (χ1) is 20.8. The highest BCUT2D eigenvalue weighted by atomic mass is 16.5. The van der Waals surface area contributed by atoms with Crippen molar-refractivity contribution in [2.75, 3.05) is 20.6 Å². The van der Waals surface area contributed by atoms with Crippen molar-refractivity contribution in [3.05, 3.63) is 0 Å². The molecule has 3 atom stereocenters. The van der Waals surface area contributed by atoms with E-state index in [1.165, 1.54) is 77.0 Å². The summed E-state index contributed by atoms with van der Waals surface area (Å²) in [5.74, 6) is -0.454. The van der Waals surface area contributed by atoms with Crippen molar-refractivity contribution in [3.63, 3.8) is 0 Å². The number of ether oxygens (including phenoxy) is 1. The van der Waals surface area contributed by atoms with Crippen LogP contribution in [0.2, 0.25) is 0 Å². The minimum atomic E-state index is -0.578. The van der Waals surface area contributed by atoms with Crippen LogP contribution in [0.25, 0.3) is 0 Å². The fourth-order valence-corrected chi connectivity index (χ4v) is 6.40. The summed E-state index contributed by atoms with van der Waals surface area (Å²) in [6, 6.07) is 0. The quantitative estimate of drug-likeness (QED) is 0.0592. The lowest BCUT2D eigenvalue weighted by atomic mass is 9.81. The van der Waals surface area contributed by atoms with E-state index in [0.29, 0.717) is 12.3 Å². The molecule has 0 saturated carbocycles. The van der Waals surface area contributed by atoms with Gasteiger partial charge in [-0.05, 0) is 77.9 Å². The molecule has 0 rings (SSSR count). The van der Waals surface area contributed by atoms with Crippen molar-refractivity contribution in [3.8, 4) is 0 Å². The molecule has 0 aliphatic rings. The van der Waals surface area contributed by atoms with E-state index in [1.807, 2.05) is 14.1 Å². The zero-order chi connectivity index (χ0) is 32.0. The number of unbranched alkanes of at least 4 members (excludes halogenated alkanes) is 16. The van der Waals surface area contributed by atoms with Gasteiger partial charge in [0.15, 0.2) is 0 Å². The fourth-order valence-electron chi connectivity index (χ4n) is 6.40. The second-order valence-electron chi connectivity index (χ2n) is 13.7. The molecule has 0 heterocycles. The number of carboxylic acid groups (broad SMARTS) is 1. The number of aliphatic carboxylic acids is 1. The Kier molecular flexibility index (Phi) is 30.1. The maximum absolute atomic E-state index is 12.5. The minimum Gasteiger partial charge on any atom is -0.481 e. The smallest absolute Gasteiger partial charge is 0.306 e. The van der Waals surface area contributed by atoms with Crippen molar-refractivity contribution >= 4 is 11.9 Å². The molecule has 0 bridgehead atoms. The Bertz CT molecular complexity index is 623. The second-order valence-corrected chi connectivity index (χ2v) is 13.7. The summed E-state index contributed by atoms with van der Waals surface area (Å²) in [5.41, 5.74) is 0. The molecule has 0 fully saturated rings. The fraction of sp³-hybridized carbons (Fsp3) is 0.947. The SMILES string of the molecule is CCCCCCCCCCC(CCCCCCCC(C(=O)O)C(CCCC)CCCCCCC)OC(=O)CCCN(C)C. The van der Waals surface area contributed by atoms with Crippen molar-refractivity contribution in [1.29, 1.82) is 0 Å². The number of carboxylic acids is 1. The first kappa shape index (κ1) is 41.9. The molecule has 1 N–H and O–H groups in total. The highest BCUT2D eigenvalue weighted by molar-refractivity contribution is 5.70. The van der Waals surface area contributed by atoms with E-state index in [0.717, 1.165) is 96.4 Å². The highest BCUT2D eigenvalue weighted by Crippen LogP contribution is 2.30. The number of nitrogens with zero attached hydrogens (tertiary/aromatic N) is 1. The molecule has 0 spiro atoms. The molecule has 3 unspecified atom stereocenters. The van der Waals surface area contributed by atoms with Crippen LogP contribution in [0.1, 0.15) is 194 Å². The Morgan fingerprint density at radius 1 is 0.558 bits per heavy atom. The number of hydrogen-bond acceptors (Lipinski definition) is 4. The third kappa shape index (κ3) is 27.0. The number of esters is 1. The van der Waals surface area contributed by atoms with Crippen LogP contribution in [0.4, 0.5) is 0 Å². The summed E-state index contributed by atoms with van der Waals surface area (Å²) in [5, 5.41) is 10.0. The first-order valence-corrected chi connectivity index (χ1v) is 18.9. The Morgan fingerprint density at radius 2 is 0.977 bits per heavy atom. The summed E-state index contributed by atoms with van der Waals surface area (Å²) in [6.07, 6.45) is 30.7. The molecule has 43 heavy (non-hydrogen) atoms. The molecule has 0 aliphatic heterocycles. The van der Waals surface area contributed by atoms with Gasteiger partial charge < -0.3 is 14.7 Å². The molecule has 5 heteroatoms. The molecule has 5 nitrogen and oxygen atoms in total. The lowest BCUT2D eigenvalue weighted by Gasteiger charge is -2.24. The standard InChI is InChI=1S/C38H75NO4/c1-6-9-12-14-15-16-19-23-29-35(43-37(40)32-26-33-39(4)5)30-24-20-17-21-25-31-36(38(41)42)34(27-11-8-3)28-22-18-13-10-7-2/h34-36H,6-33H2,1-5H3,(H,41,42). The van der Waals surface area contributed by atoms with Crippen LogP contribution < -0.4 is 0 Å². The average molecular weight is 610 g/mol. The zero-order valence-corrected chi connectivity index (χ0v) is 29.7. The van der Waals surface area contributed by atoms with Crippen molar-refractivity contribution in [2.24, 2.45) is 11.8 Å². The Hall–Kier alpha value is -1.10. The maximum Gasteiger partial charge on any atom is 0.306 e. The van der Waals surface area contributed by atoms with Gasteiger partial charge in [-0.2, -0.15) is 0 Å². The number of hydrogen-bond donors (Lipinski definition) is 1. The van der Waals surface area contributed by atoms with Gasteiger partial charge in [-0.3, -0.25) is 9.59 Å². The van der Waals surface area contributed by atoms with Gasteiger partial charge in [-0.15, -0.1) is 0 Å². The third-order valence-electron chi connectivity index (χ3n) is 9.20. The largest absolute Gasteiger partial charge is 0.481 e. The van der Waals surface area contributed by atoms with Gasteiger partial charge in [-0.1, -0.05) is 136 Å². The molecule has 0 aromatic rings. The molecule has 0 aromatic carbocycles. The van der Waals surface area contributed by atoms with E-state index >= 15 is 0 Å². The van der Waals surface area contributed by atoms with Gasteiger partial charge in [0, 0.05) is 6.42 Å². The molecular formula is C38H75NO4. The summed E-state index contributed by atoms with van der Waals surface area (Å²) in [7, 11) is 4.08. The lowest BCUT2D eigenvalue weighted by molar-refractivity contribution is -0.150. The summed E-state index contributed by atoms with van der Waals surface area (Å²) >= 11 is 0. The normalized spacial score (nSPS) is 13.7. The predicted octanol–water partition coefficient (Wildman–Crippen LogP) is 11.4. The van der Waals surface area contributed by atoms with Crippen LogP contribution in [0.3, 0.4) is 0 Å². The summed E-state index contributed by atoms with van der Waals surface area (Å²) < 4.78 is 5.97. The van der Waals surface area contributed by atoms with Crippen LogP contribution in [0.5, 0.6) is 0 Å². The molecule has 0 amide bonds. The third-order valence-corrected chi connectivity index (χ3v) is 9.20. The van der Waals surface area contributed by atoms with E-state index in [-0.39, 0.29) is 18.0 Å². The molecular weight excluding hydrogens is 534 g/mol. The van der Waals surface area contributed by atoms with E-state index < -0.39 is 5.97 Å². The number of carbonyl (C=O) groups excluding carboxylic acids is 1. The average Bonchev–Trinajstić information content (AvgIpc) is 2.97. The highest BCUT2D eigenvalue weighted by Gasteiger charge is 2.26. The maximum atomic E-state index is 12.5. The van der Waals surface area contributed by atoms with E-state index in [1.54, 1.807) is 0 Å². The Morgan fingerprint density at radius 3 is 1.44 bits per heavy atom. The number of rotatable bonds is 33.